The topological polar surface area (TPSA) is 39.7 Å². The molecule has 1 fully saturated rings. The molecule has 7 heteroatoms. The Bertz CT molecular complexity index is 786. The summed E-state index contributed by atoms with van der Waals surface area (Å²) in [6.45, 7) is 8.67. The first-order valence-electron chi connectivity index (χ1n) is 9.02. The number of hydrogen-bond donors (Lipinski definition) is 0. The van der Waals surface area contributed by atoms with E-state index in [4.69, 9.17) is 0 Å². The van der Waals surface area contributed by atoms with Crippen molar-refractivity contribution in [1.29, 1.82) is 0 Å². The van der Waals surface area contributed by atoms with E-state index in [0.29, 0.717) is 38.1 Å². The number of aromatic nitrogens is 1. The van der Waals surface area contributed by atoms with E-state index in [1.165, 1.54) is 12.3 Å². The molecular formula is C19H24F2N4O. The van der Waals surface area contributed by atoms with Crippen molar-refractivity contribution in [2.45, 2.75) is 13.8 Å². The minimum absolute atomic E-state index is 0.130. The van der Waals surface area contributed by atoms with Gasteiger partial charge in [0.15, 0.2) is 5.82 Å². The first-order valence-corrected chi connectivity index (χ1v) is 9.02. The largest absolute Gasteiger partial charge is 0.367 e. The summed E-state index contributed by atoms with van der Waals surface area (Å²) in [4.78, 5) is 22.5. The van der Waals surface area contributed by atoms with Crippen molar-refractivity contribution in [3.05, 3.63) is 36.0 Å². The van der Waals surface area contributed by atoms with Crippen molar-refractivity contribution in [1.82, 2.24) is 14.8 Å². The smallest absolute Gasteiger partial charge is 0.236 e. The van der Waals surface area contributed by atoms with Gasteiger partial charge in [0, 0.05) is 49.5 Å². The summed E-state index contributed by atoms with van der Waals surface area (Å²) in [7, 11) is 0. The van der Waals surface area contributed by atoms with Crippen LogP contribution in [0.2, 0.25) is 0 Å². The molecule has 2 heterocycles. The third-order valence-corrected chi connectivity index (χ3v) is 4.97. The van der Waals surface area contributed by atoms with Crippen molar-refractivity contribution in [3.63, 3.8) is 0 Å². The Morgan fingerprint density at radius 3 is 2.50 bits per heavy atom. The van der Waals surface area contributed by atoms with Gasteiger partial charge in [-0.1, -0.05) is 13.8 Å². The molecular weight excluding hydrogens is 338 g/mol. The highest BCUT2D eigenvalue weighted by atomic mass is 19.1. The predicted molar refractivity (Wildman–Crippen MR) is 98.2 cm³/mol. The maximum atomic E-state index is 14.0. The number of nitrogens with zero attached hydrogens (tertiary/aromatic N) is 4. The number of carbonyl (C=O) groups excluding carboxylic acids is 1. The van der Waals surface area contributed by atoms with E-state index in [1.54, 1.807) is 6.07 Å². The Morgan fingerprint density at radius 2 is 1.85 bits per heavy atom. The van der Waals surface area contributed by atoms with Gasteiger partial charge in [0.25, 0.3) is 0 Å². The summed E-state index contributed by atoms with van der Waals surface area (Å²) < 4.78 is 27.6. The SMILES string of the molecule is CCN(CC)CC(=O)N1CCN(c2ccnc3c(F)cc(F)cc23)CC1. The van der Waals surface area contributed by atoms with Crippen LogP contribution < -0.4 is 4.90 Å². The zero-order valence-corrected chi connectivity index (χ0v) is 15.2. The van der Waals surface area contributed by atoms with Gasteiger partial charge in [0.1, 0.15) is 11.3 Å². The number of amides is 1. The molecule has 0 spiro atoms. The molecule has 0 saturated carbocycles. The van der Waals surface area contributed by atoms with Crippen LogP contribution in [-0.2, 0) is 4.79 Å². The molecule has 1 saturated heterocycles. The second-order valence-corrected chi connectivity index (χ2v) is 6.44. The Hall–Kier alpha value is -2.28. The first kappa shape index (κ1) is 18.5. The van der Waals surface area contributed by atoms with Crippen LogP contribution in [0.4, 0.5) is 14.5 Å². The van der Waals surface area contributed by atoms with Crippen LogP contribution in [0.25, 0.3) is 10.9 Å². The molecule has 0 bridgehead atoms. The van der Waals surface area contributed by atoms with E-state index in [1.807, 2.05) is 18.7 Å². The molecule has 26 heavy (non-hydrogen) atoms. The normalized spacial score (nSPS) is 15.1. The lowest BCUT2D eigenvalue weighted by molar-refractivity contribution is -0.132. The lowest BCUT2D eigenvalue weighted by atomic mass is 10.1. The number of carbonyl (C=O) groups is 1. The van der Waals surface area contributed by atoms with Gasteiger partial charge in [-0.15, -0.1) is 0 Å². The molecule has 1 aromatic heterocycles. The van der Waals surface area contributed by atoms with E-state index in [2.05, 4.69) is 14.8 Å². The van der Waals surface area contributed by atoms with Crippen LogP contribution >= 0.6 is 0 Å². The van der Waals surface area contributed by atoms with Crippen LogP contribution in [-0.4, -0.2) is 66.5 Å². The highest BCUT2D eigenvalue weighted by Crippen LogP contribution is 2.28. The van der Waals surface area contributed by atoms with Crippen LogP contribution in [0.3, 0.4) is 0 Å². The predicted octanol–water partition coefficient (Wildman–Crippen LogP) is 2.50. The van der Waals surface area contributed by atoms with Gasteiger partial charge < -0.3 is 9.80 Å². The molecule has 1 aliphatic heterocycles. The summed E-state index contributed by atoms with van der Waals surface area (Å²) in [5.74, 6) is -1.14. The van der Waals surface area contributed by atoms with Crippen molar-refractivity contribution in [2.75, 3.05) is 50.7 Å². The number of likely N-dealkylation sites (N-methyl/N-ethyl adjacent to an activating group) is 1. The summed E-state index contributed by atoms with van der Waals surface area (Å²) in [6.07, 6.45) is 1.54. The average Bonchev–Trinajstić information content (AvgIpc) is 2.65. The van der Waals surface area contributed by atoms with Crippen LogP contribution in [0.15, 0.2) is 24.4 Å². The summed E-state index contributed by atoms with van der Waals surface area (Å²) in [5, 5.41) is 0.466. The van der Waals surface area contributed by atoms with Crippen LogP contribution in [0.5, 0.6) is 0 Å². The molecule has 1 aliphatic rings. The third kappa shape index (κ3) is 3.77. The first-order chi connectivity index (χ1) is 12.5. The maximum absolute atomic E-state index is 14.0. The van der Waals surface area contributed by atoms with Gasteiger partial charge >= 0.3 is 0 Å². The minimum Gasteiger partial charge on any atom is -0.367 e. The van der Waals surface area contributed by atoms with Crippen LogP contribution in [0.1, 0.15) is 13.8 Å². The maximum Gasteiger partial charge on any atom is 0.236 e. The second kappa shape index (κ2) is 7.95. The van der Waals surface area contributed by atoms with Gasteiger partial charge in [-0.3, -0.25) is 14.7 Å². The van der Waals surface area contributed by atoms with Gasteiger partial charge in [-0.2, -0.15) is 0 Å². The number of halogens is 2. The monoisotopic (exact) mass is 362 g/mol. The van der Waals surface area contributed by atoms with Crippen molar-refractivity contribution < 1.29 is 13.6 Å². The molecule has 1 aromatic carbocycles. The highest BCUT2D eigenvalue weighted by molar-refractivity contribution is 5.92. The summed E-state index contributed by atoms with van der Waals surface area (Å²) >= 11 is 0. The molecule has 0 aliphatic carbocycles. The molecule has 140 valence electrons. The third-order valence-electron chi connectivity index (χ3n) is 4.97. The molecule has 5 nitrogen and oxygen atoms in total. The number of pyridine rings is 1. The fourth-order valence-electron chi connectivity index (χ4n) is 3.38. The number of rotatable bonds is 5. The number of fused-ring (bicyclic) bond motifs is 1. The van der Waals surface area contributed by atoms with E-state index < -0.39 is 11.6 Å². The quantitative estimate of drug-likeness (QED) is 0.819. The lowest BCUT2D eigenvalue weighted by Crippen LogP contribution is -2.51. The van der Waals surface area contributed by atoms with Crippen molar-refractivity contribution in [2.24, 2.45) is 0 Å². The van der Waals surface area contributed by atoms with Gasteiger partial charge in [-0.25, -0.2) is 8.78 Å². The lowest BCUT2D eigenvalue weighted by Gasteiger charge is -2.37. The van der Waals surface area contributed by atoms with Gasteiger partial charge in [-0.05, 0) is 25.2 Å². The number of hydrogen-bond acceptors (Lipinski definition) is 4. The van der Waals surface area contributed by atoms with E-state index in [9.17, 15) is 13.6 Å². The zero-order valence-electron chi connectivity index (χ0n) is 15.2. The minimum atomic E-state index is -0.658. The fraction of sp³-hybridized carbons (Fsp3) is 0.474. The highest BCUT2D eigenvalue weighted by Gasteiger charge is 2.23. The Labute approximate surface area is 152 Å². The summed E-state index contributed by atoms with van der Waals surface area (Å²) in [6, 6.07) is 3.94. The van der Waals surface area contributed by atoms with Crippen molar-refractivity contribution in [3.8, 4) is 0 Å². The number of anilines is 1. The Kier molecular flexibility index (Phi) is 5.66. The summed E-state index contributed by atoms with van der Waals surface area (Å²) in [5.41, 5.74) is 0.924. The second-order valence-electron chi connectivity index (χ2n) is 6.44. The molecule has 0 radical (unpaired) electrons. The van der Waals surface area contributed by atoms with E-state index >= 15 is 0 Å². The molecule has 1 amide bonds. The van der Waals surface area contributed by atoms with E-state index in [-0.39, 0.29) is 11.4 Å². The van der Waals surface area contributed by atoms with Gasteiger partial charge in [0.2, 0.25) is 5.91 Å². The Morgan fingerprint density at radius 1 is 1.15 bits per heavy atom. The van der Waals surface area contributed by atoms with E-state index in [0.717, 1.165) is 24.8 Å². The molecule has 0 unspecified atom stereocenters. The van der Waals surface area contributed by atoms with Crippen molar-refractivity contribution >= 4 is 22.5 Å². The average molecular weight is 362 g/mol. The Balaban J connectivity index is 1.73. The van der Waals surface area contributed by atoms with Gasteiger partial charge in [0.05, 0.1) is 6.54 Å². The molecule has 0 N–H and O–H groups in total. The number of benzene rings is 1. The fourth-order valence-corrected chi connectivity index (χ4v) is 3.38. The molecule has 2 aromatic rings. The molecule has 0 atom stereocenters. The zero-order chi connectivity index (χ0) is 18.7. The van der Waals surface area contributed by atoms with Crippen LogP contribution in [0, 0.1) is 11.6 Å². The number of piperazine rings is 1. The molecule has 3 rings (SSSR count). The standard InChI is InChI=1S/C19H24F2N4O/c1-3-23(4-2)13-18(26)25-9-7-24(8-10-25)17-5-6-22-19-15(17)11-14(20)12-16(19)21/h5-6,11-12H,3-4,7-10,13H2,1-2H3.